The lowest BCUT2D eigenvalue weighted by molar-refractivity contribution is 0.0261. The Balaban J connectivity index is 1.51. The van der Waals surface area contributed by atoms with Gasteiger partial charge in [-0.2, -0.15) is 0 Å². The second-order valence-corrected chi connectivity index (χ2v) is 7.08. The number of ether oxygens (including phenoxy) is 1. The molecule has 0 bridgehead atoms. The molecular weight excluding hydrogens is 314 g/mol. The second-order valence-electron chi connectivity index (χ2n) is 7.08. The molecule has 5 heteroatoms. The summed E-state index contributed by atoms with van der Waals surface area (Å²) in [7, 11) is 0. The smallest absolute Gasteiger partial charge is 0.317 e. The van der Waals surface area contributed by atoms with Gasteiger partial charge in [-0.25, -0.2) is 4.79 Å². The summed E-state index contributed by atoms with van der Waals surface area (Å²) in [5.41, 5.74) is 1.27. The summed E-state index contributed by atoms with van der Waals surface area (Å²) in [5, 5.41) is 3.14. The summed E-state index contributed by atoms with van der Waals surface area (Å²) >= 11 is 0. The number of benzene rings is 1. The largest absolute Gasteiger partial charge is 0.379 e. The number of hydrogen-bond donors (Lipinski definition) is 1. The van der Waals surface area contributed by atoms with Crippen LogP contribution in [0.3, 0.4) is 0 Å². The molecular formula is C20H31N3O2. The van der Waals surface area contributed by atoms with Crippen LogP contribution in [0.4, 0.5) is 4.79 Å². The zero-order valence-corrected chi connectivity index (χ0v) is 15.2. The van der Waals surface area contributed by atoms with E-state index in [1.165, 1.54) is 18.4 Å². The van der Waals surface area contributed by atoms with Gasteiger partial charge in [-0.15, -0.1) is 0 Å². The number of amides is 2. The third kappa shape index (κ3) is 5.72. The number of morpholine rings is 1. The average molecular weight is 345 g/mol. The normalized spacial score (nSPS) is 22.4. The minimum absolute atomic E-state index is 0.107. The van der Waals surface area contributed by atoms with Crippen molar-refractivity contribution in [3.05, 3.63) is 35.9 Å². The highest BCUT2D eigenvalue weighted by Crippen LogP contribution is 2.18. The maximum atomic E-state index is 12.8. The summed E-state index contributed by atoms with van der Waals surface area (Å²) in [5.74, 6) is 0. The van der Waals surface area contributed by atoms with Crippen molar-refractivity contribution < 1.29 is 9.53 Å². The Morgan fingerprint density at radius 1 is 1.08 bits per heavy atom. The van der Waals surface area contributed by atoms with Crippen LogP contribution in [0, 0.1) is 0 Å². The maximum absolute atomic E-state index is 12.8. The number of rotatable bonds is 5. The highest BCUT2D eigenvalue weighted by Gasteiger charge is 2.27. The van der Waals surface area contributed by atoms with Gasteiger partial charge in [-0.1, -0.05) is 43.2 Å². The molecule has 1 unspecified atom stereocenters. The van der Waals surface area contributed by atoms with E-state index in [-0.39, 0.29) is 6.03 Å². The monoisotopic (exact) mass is 345 g/mol. The molecule has 25 heavy (non-hydrogen) atoms. The van der Waals surface area contributed by atoms with Crippen LogP contribution in [0.2, 0.25) is 0 Å². The van der Waals surface area contributed by atoms with E-state index in [1.54, 1.807) is 0 Å². The standard InChI is InChI=1S/C20H31N3O2/c24-20(21-11-10-18-7-3-1-4-8-18)23-12-6-2-5-9-19(23)17-22-13-15-25-16-14-22/h1,3-4,7-8,19H,2,5-6,9-17H2,(H,21,24). The lowest BCUT2D eigenvalue weighted by Gasteiger charge is -2.36. The predicted octanol–water partition coefficient (Wildman–Crippen LogP) is 2.52. The van der Waals surface area contributed by atoms with Gasteiger partial charge >= 0.3 is 6.03 Å². The maximum Gasteiger partial charge on any atom is 0.317 e. The molecule has 2 amide bonds. The van der Waals surface area contributed by atoms with E-state index in [2.05, 4.69) is 27.2 Å². The predicted molar refractivity (Wildman–Crippen MR) is 99.8 cm³/mol. The minimum Gasteiger partial charge on any atom is -0.379 e. The van der Waals surface area contributed by atoms with Crippen LogP contribution in [0.1, 0.15) is 31.2 Å². The topological polar surface area (TPSA) is 44.8 Å². The fraction of sp³-hybridized carbons (Fsp3) is 0.650. The van der Waals surface area contributed by atoms with Gasteiger partial charge in [-0.3, -0.25) is 4.90 Å². The summed E-state index contributed by atoms with van der Waals surface area (Å²) in [6, 6.07) is 10.8. The molecule has 2 aliphatic heterocycles. The van der Waals surface area contributed by atoms with Crippen LogP contribution in [0.25, 0.3) is 0 Å². The third-order valence-corrected chi connectivity index (χ3v) is 5.24. The van der Waals surface area contributed by atoms with E-state index >= 15 is 0 Å². The average Bonchev–Trinajstić information content (AvgIpc) is 2.89. The molecule has 3 rings (SSSR count). The van der Waals surface area contributed by atoms with Gasteiger partial charge in [0.15, 0.2) is 0 Å². The van der Waals surface area contributed by atoms with Crippen molar-refractivity contribution in [1.29, 1.82) is 0 Å². The SMILES string of the molecule is O=C(NCCc1ccccc1)N1CCCCCC1CN1CCOCC1. The van der Waals surface area contributed by atoms with Crippen molar-refractivity contribution in [1.82, 2.24) is 15.1 Å². The molecule has 1 N–H and O–H groups in total. The molecule has 1 aromatic rings. The first-order valence-corrected chi connectivity index (χ1v) is 9.71. The Morgan fingerprint density at radius 3 is 2.68 bits per heavy atom. The number of nitrogens with zero attached hydrogens (tertiary/aromatic N) is 2. The zero-order chi connectivity index (χ0) is 17.3. The number of nitrogens with one attached hydrogen (secondary N) is 1. The highest BCUT2D eigenvalue weighted by atomic mass is 16.5. The molecule has 5 nitrogen and oxygen atoms in total. The lowest BCUT2D eigenvalue weighted by Crippen LogP contribution is -2.52. The molecule has 2 saturated heterocycles. The number of hydrogen-bond acceptors (Lipinski definition) is 3. The van der Waals surface area contributed by atoms with E-state index in [4.69, 9.17) is 4.74 Å². The van der Waals surface area contributed by atoms with Gasteiger partial charge in [0, 0.05) is 38.8 Å². The molecule has 2 heterocycles. The van der Waals surface area contributed by atoms with E-state index in [1.807, 2.05) is 18.2 Å². The molecule has 0 radical (unpaired) electrons. The number of urea groups is 1. The fourth-order valence-corrected chi connectivity index (χ4v) is 3.78. The molecule has 138 valence electrons. The van der Waals surface area contributed by atoms with Gasteiger partial charge in [0.1, 0.15) is 0 Å². The fourth-order valence-electron chi connectivity index (χ4n) is 3.78. The minimum atomic E-state index is 0.107. The molecule has 1 aromatic carbocycles. The number of carbonyl (C=O) groups is 1. The third-order valence-electron chi connectivity index (χ3n) is 5.24. The van der Waals surface area contributed by atoms with Gasteiger partial charge in [-0.05, 0) is 24.8 Å². The van der Waals surface area contributed by atoms with Crippen molar-refractivity contribution >= 4 is 6.03 Å². The molecule has 2 aliphatic rings. The first kappa shape index (κ1) is 18.2. The summed E-state index contributed by atoms with van der Waals surface area (Å²) < 4.78 is 5.45. The van der Waals surface area contributed by atoms with Crippen LogP contribution in [0.15, 0.2) is 30.3 Å². The van der Waals surface area contributed by atoms with Gasteiger partial charge in [0.25, 0.3) is 0 Å². The van der Waals surface area contributed by atoms with Crippen LogP contribution < -0.4 is 5.32 Å². The van der Waals surface area contributed by atoms with Gasteiger partial charge in [0.2, 0.25) is 0 Å². The molecule has 2 fully saturated rings. The lowest BCUT2D eigenvalue weighted by atomic mass is 10.1. The van der Waals surface area contributed by atoms with Crippen LogP contribution in [-0.2, 0) is 11.2 Å². The van der Waals surface area contributed by atoms with E-state index < -0.39 is 0 Å². The van der Waals surface area contributed by atoms with Crippen molar-refractivity contribution in [2.24, 2.45) is 0 Å². The van der Waals surface area contributed by atoms with Crippen LogP contribution >= 0.6 is 0 Å². The van der Waals surface area contributed by atoms with Crippen molar-refractivity contribution in [3.8, 4) is 0 Å². The number of likely N-dealkylation sites (tertiary alicyclic amines) is 1. The second kappa shape index (κ2) is 9.78. The Kier molecular flexibility index (Phi) is 7.12. The first-order valence-electron chi connectivity index (χ1n) is 9.71. The summed E-state index contributed by atoms with van der Waals surface area (Å²) in [4.78, 5) is 17.3. The Labute approximate surface area is 151 Å². The summed E-state index contributed by atoms with van der Waals surface area (Å²) in [6.07, 6.45) is 5.57. The highest BCUT2D eigenvalue weighted by molar-refractivity contribution is 5.74. The first-order chi connectivity index (χ1) is 12.3. The van der Waals surface area contributed by atoms with Crippen molar-refractivity contribution in [2.75, 3.05) is 45.9 Å². The van der Waals surface area contributed by atoms with E-state index in [0.29, 0.717) is 12.6 Å². The zero-order valence-electron chi connectivity index (χ0n) is 15.2. The van der Waals surface area contributed by atoms with E-state index in [9.17, 15) is 4.79 Å². The molecule has 0 aromatic heterocycles. The quantitative estimate of drug-likeness (QED) is 0.892. The Hall–Kier alpha value is -1.59. The molecule has 0 spiro atoms. The van der Waals surface area contributed by atoms with Crippen LogP contribution in [-0.4, -0.2) is 67.8 Å². The molecule has 0 saturated carbocycles. The van der Waals surface area contributed by atoms with Crippen molar-refractivity contribution in [2.45, 2.75) is 38.1 Å². The van der Waals surface area contributed by atoms with Crippen molar-refractivity contribution in [3.63, 3.8) is 0 Å². The van der Waals surface area contributed by atoms with Crippen LogP contribution in [0.5, 0.6) is 0 Å². The molecule has 1 atom stereocenters. The Bertz CT molecular complexity index is 517. The van der Waals surface area contributed by atoms with E-state index in [0.717, 1.165) is 58.7 Å². The number of carbonyl (C=O) groups excluding carboxylic acids is 1. The summed E-state index contributed by atoms with van der Waals surface area (Å²) in [6.45, 7) is 6.16. The van der Waals surface area contributed by atoms with Gasteiger partial charge < -0.3 is 15.0 Å². The Morgan fingerprint density at radius 2 is 1.88 bits per heavy atom. The molecule has 0 aliphatic carbocycles. The van der Waals surface area contributed by atoms with Gasteiger partial charge in [0.05, 0.1) is 13.2 Å².